The Kier molecular flexibility index (Phi) is 14.7. The van der Waals surface area contributed by atoms with E-state index in [9.17, 15) is 23.5 Å². The van der Waals surface area contributed by atoms with Gasteiger partial charge in [-0.15, -0.1) is 11.8 Å². The Morgan fingerprint density at radius 2 is 1.28 bits per heavy atom. The predicted octanol–water partition coefficient (Wildman–Crippen LogP) is 9.62. The summed E-state index contributed by atoms with van der Waals surface area (Å²) in [5, 5.41) is 18.1. The van der Waals surface area contributed by atoms with Crippen molar-refractivity contribution in [3.05, 3.63) is 108 Å². The summed E-state index contributed by atoms with van der Waals surface area (Å²) in [5.41, 5.74) is 4.33. The van der Waals surface area contributed by atoms with E-state index in [4.69, 9.17) is 9.84 Å². The van der Waals surface area contributed by atoms with Gasteiger partial charge in [-0.3, -0.25) is 9.59 Å². The molecule has 4 aromatic carbocycles. The molecule has 0 unspecified atom stereocenters. The lowest BCUT2D eigenvalue weighted by atomic mass is 9.97. The van der Waals surface area contributed by atoms with Gasteiger partial charge >= 0.3 is 11.9 Å². The van der Waals surface area contributed by atoms with Gasteiger partial charge in [-0.05, 0) is 96.5 Å². The number of halogens is 2. The molecule has 0 aliphatic rings. The van der Waals surface area contributed by atoms with Gasteiger partial charge in [0, 0.05) is 28.9 Å². The van der Waals surface area contributed by atoms with Gasteiger partial charge in [0.1, 0.15) is 17.4 Å². The molecule has 0 heterocycles. The summed E-state index contributed by atoms with van der Waals surface area (Å²) in [6.07, 6.45) is 5.48. The summed E-state index contributed by atoms with van der Waals surface area (Å²) >= 11 is 1.68. The number of benzene rings is 4. The first-order valence-corrected chi connectivity index (χ1v) is 16.2. The molecule has 0 aliphatic carbocycles. The second kappa shape index (κ2) is 18.7. The largest absolute Gasteiger partial charge is 0.493 e. The maximum Gasteiger partial charge on any atom is 0.303 e. The third-order valence-corrected chi connectivity index (χ3v) is 8.56. The van der Waals surface area contributed by atoms with Gasteiger partial charge < -0.3 is 21.1 Å². The summed E-state index contributed by atoms with van der Waals surface area (Å²) in [6.45, 7) is 0.262. The molecule has 0 bridgehead atoms. The highest BCUT2D eigenvalue weighted by Gasteiger charge is 2.13. The number of carbonyl (C=O) groups is 2. The number of aryl methyl sites for hydroxylation is 1. The minimum atomic E-state index is -0.875. The van der Waals surface area contributed by atoms with E-state index in [2.05, 4.69) is 0 Å². The molecule has 0 saturated heterocycles. The number of thioether (sulfide) groups is 1. The predicted molar refractivity (Wildman–Crippen MR) is 180 cm³/mol. The van der Waals surface area contributed by atoms with Crippen molar-refractivity contribution in [2.75, 3.05) is 12.4 Å². The van der Waals surface area contributed by atoms with Crippen LogP contribution in [-0.2, 0) is 22.4 Å². The van der Waals surface area contributed by atoms with E-state index in [-0.39, 0.29) is 37.2 Å². The first-order chi connectivity index (χ1) is 21.8. The Balaban J connectivity index is 0.00000576. The number of aliphatic carboxylic acids is 2. The van der Waals surface area contributed by atoms with Crippen LogP contribution in [0.1, 0.15) is 56.1 Å². The third kappa shape index (κ3) is 11.0. The van der Waals surface area contributed by atoms with E-state index in [0.29, 0.717) is 40.8 Å². The summed E-state index contributed by atoms with van der Waals surface area (Å²) in [6, 6.07) is 24.7. The number of hydrogen-bond acceptors (Lipinski definition) is 5. The molecular formula is C37H41F2NO5S. The van der Waals surface area contributed by atoms with Crippen LogP contribution in [0, 0.1) is 11.6 Å². The van der Waals surface area contributed by atoms with Crippen molar-refractivity contribution in [3.63, 3.8) is 0 Å². The number of hydrogen-bond donors (Lipinski definition) is 3. The molecule has 0 radical (unpaired) electrons. The molecule has 0 amide bonds. The number of unbranched alkanes of at least 4 members (excludes halogenated alkanes) is 3. The highest BCUT2D eigenvalue weighted by molar-refractivity contribution is 7.99. The van der Waals surface area contributed by atoms with Gasteiger partial charge in [-0.25, -0.2) is 8.78 Å². The van der Waals surface area contributed by atoms with Crippen LogP contribution in [0.2, 0.25) is 0 Å². The van der Waals surface area contributed by atoms with Crippen LogP contribution in [0.25, 0.3) is 22.3 Å². The van der Waals surface area contributed by atoms with Gasteiger partial charge in [0.25, 0.3) is 0 Å². The van der Waals surface area contributed by atoms with E-state index in [1.807, 2.05) is 36.4 Å². The van der Waals surface area contributed by atoms with Crippen LogP contribution in [0.3, 0.4) is 0 Å². The molecule has 0 atom stereocenters. The fraction of sp³-hybridized carbons (Fsp3) is 0.297. The first kappa shape index (κ1) is 36.3. The quantitative estimate of drug-likeness (QED) is 0.0725. The molecule has 9 heteroatoms. The minimum absolute atomic E-state index is 0. The molecule has 5 N–H and O–H groups in total. The van der Waals surface area contributed by atoms with Crippen molar-refractivity contribution in [2.45, 2.75) is 62.7 Å². The van der Waals surface area contributed by atoms with Gasteiger partial charge in [0.15, 0.2) is 0 Å². The summed E-state index contributed by atoms with van der Waals surface area (Å²) < 4.78 is 35.2. The molecular weight excluding hydrogens is 608 g/mol. The third-order valence-electron chi connectivity index (χ3n) is 7.50. The number of ether oxygens (including phenoxy) is 1. The minimum Gasteiger partial charge on any atom is -0.493 e. The van der Waals surface area contributed by atoms with E-state index in [0.717, 1.165) is 53.9 Å². The Labute approximate surface area is 273 Å². The maximum atomic E-state index is 14.7. The molecule has 4 rings (SSSR count). The molecule has 0 aliphatic heterocycles. The lowest BCUT2D eigenvalue weighted by Crippen LogP contribution is -2.07. The second-order valence-electron chi connectivity index (χ2n) is 10.9. The fourth-order valence-corrected chi connectivity index (χ4v) is 6.25. The number of carboxylic acids is 2. The molecule has 244 valence electrons. The van der Waals surface area contributed by atoms with Gasteiger partial charge in [0.05, 0.1) is 6.61 Å². The molecule has 0 aromatic heterocycles. The lowest BCUT2D eigenvalue weighted by Gasteiger charge is -2.15. The maximum absolute atomic E-state index is 14.7. The highest BCUT2D eigenvalue weighted by Crippen LogP contribution is 2.35. The first-order valence-electron chi connectivity index (χ1n) is 15.3. The highest BCUT2D eigenvalue weighted by atomic mass is 32.2. The van der Waals surface area contributed by atoms with Gasteiger partial charge in [-0.1, -0.05) is 61.4 Å². The van der Waals surface area contributed by atoms with Crippen LogP contribution < -0.4 is 10.9 Å². The number of rotatable bonds is 18. The zero-order valence-corrected chi connectivity index (χ0v) is 26.7. The van der Waals surface area contributed by atoms with Gasteiger partial charge in [0.2, 0.25) is 0 Å². The Bertz CT molecular complexity index is 1530. The summed E-state index contributed by atoms with van der Waals surface area (Å²) in [5.74, 6) is -0.898. The molecule has 46 heavy (non-hydrogen) atoms. The van der Waals surface area contributed by atoms with Crippen molar-refractivity contribution in [1.82, 2.24) is 6.15 Å². The topological polar surface area (TPSA) is 119 Å². The van der Waals surface area contributed by atoms with Crippen molar-refractivity contribution in [3.8, 4) is 28.0 Å². The van der Waals surface area contributed by atoms with Crippen molar-refractivity contribution in [1.29, 1.82) is 0 Å². The zero-order valence-electron chi connectivity index (χ0n) is 25.9. The Morgan fingerprint density at radius 1 is 0.674 bits per heavy atom. The number of carboxylic acid groups (broad SMARTS) is 2. The smallest absolute Gasteiger partial charge is 0.303 e. The van der Waals surface area contributed by atoms with Crippen molar-refractivity contribution < 1.29 is 33.3 Å². The second-order valence-corrected chi connectivity index (χ2v) is 12.0. The van der Waals surface area contributed by atoms with E-state index in [1.165, 1.54) is 12.1 Å². The molecule has 0 spiro atoms. The van der Waals surface area contributed by atoms with E-state index >= 15 is 0 Å². The van der Waals surface area contributed by atoms with Crippen LogP contribution in [0.5, 0.6) is 5.75 Å². The monoisotopic (exact) mass is 649 g/mol. The average molecular weight is 650 g/mol. The van der Waals surface area contributed by atoms with Crippen molar-refractivity contribution >= 4 is 23.7 Å². The molecule has 4 aromatic rings. The zero-order chi connectivity index (χ0) is 32.0. The van der Waals surface area contributed by atoms with Crippen LogP contribution in [0.15, 0.2) is 89.8 Å². The van der Waals surface area contributed by atoms with Crippen molar-refractivity contribution in [2.24, 2.45) is 0 Å². The molecule has 6 nitrogen and oxygen atoms in total. The molecule has 0 fully saturated rings. The average Bonchev–Trinajstić information content (AvgIpc) is 3.02. The van der Waals surface area contributed by atoms with E-state index in [1.54, 1.807) is 48.2 Å². The summed E-state index contributed by atoms with van der Waals surface area (Å²) in [7, 11) is 0. The van der Waals surface area contributed by atoms with Crippen LogP contribution in [0.4, 0.5) is 8.78 Å². The van der Waals surface area contributed by atoms with Crippen LogP contribution >= 0.6 is 11.8 Å². The standard InChI is InChI=1S/C37H38F2O5S.H3N/c38-33-15-6-4-13-30(33)27-23-28(31-14-5-7-16-34(31)39)25-29(24-27)45-22-8-2-1-3-11-26-12-9-17-35(32(26)19-20-37(42)43)44-21-10-18-36(40)41;/h4-7,9,12-17,23-25H,1-3,8,10-11,18-22H2,(H,40,41)(H,42,43);1H3. The van der Waals surface area contributed by atoms with Crippen LogP contribution in [-0.4, -0.2) is 34.5 Å². The summed E-state index contributed by atoms with van der Waals surface area (Å²) in [4.78, 5) is 23.0. The Morgan fingerprint density at radius 3 is 1.89 bits per heavy atom. The lowest BCUT2D eigenvalue weighted by molar-refractivity contribution is -0.138. The Hall–Kier alpha value is -4.21. The SMILES string of the molecule is N.O=C(O)CCCOc1cccc(CCCCCCSc2cc(-c3ccccc3F)cc(-c3ccccc3F)c2)c1CCC(=O)O. The normalized spacial score (nSPS) is 10.7. The van der Waals surface area contributed by atoms with E-state index < -0.39 is 11.9 Å². The van der Waals surface area contributed by atoms with Gasteiger partial charge in [-0.2, -0.15) is 0 Å². The molecule has 0 saturated carbocycles. The fourth-order valence-electron chi connectivity index (χ4n) is 5.25.